The minimum absolute atomic E-state index is 0. The van der Waals surface area contributed by atoms with Crippen LogP contribution in [0.2, 0.25) is 5.02 Å². The largest absolute Gasteiger partial charge is 1.00 e. The number of amides is 1. The number of carbonyl (C=O) groups is 2. The van der Waals surface area contributed by atoms with E-state index in [2.05, 4.69) is 0 Å². The number of piperazine rings is 1. The Morgan fingerprint density at radius 2 is 1.54 bits per heavy atom. The molecule has 1 fully saturated rings. The summed E-state index contributed by atoms with van der Waals surface area (Å²) in [6, 6.07) is 10.1. The first-order valence-electron chi connectivity index (χ1n) is 11.7. The van der Waals surface area contributed by atoms with Crippen molar-refractivity contribution in [3.8, 4) is 23.0 Å². The summed E-state index contributed by atoms with van der Waals surface area (Å²) in [6.07, 6.45) is 0. The van der Waals surface area contributed by atoms with E-state index in [1.54, 1.807) is 55.1 Å². The van der Waals surface area contributed by atoms with Crippen LogP contribution in [0.25, 0.3) is 0 Å². The number of esters is 1. The molecule has 1 aliphatic heterocycles. The van der Waals surface area contributed by atoms with Gasteiger partial charge >= 0.3 is 5.97 Å². The monoisotopic (exact) mass is 556 g/mol. The average Bonchev–Trinajstić information content (AvgIpc) is 2.88. The van der Waals surface area contributed by atoms with Crippen molar-refractivity contribution in [1.82, 2.24) is 4.90 Å². The summed E-state index contributed by atoms with van der Waals surface area (Å²) in [5.74, 6) is 1.33. The maximum absolute atomic E-state index is 13.1. The average molecular weight is 557 g/mol. The topological polar surface area (TPSA) is 88.0 Å². The molecule has 2 aromatic carbocycles. The molecular formula is C26H34Cl2N2O7. The van der Waals surface area contributed by atoms with Gasteiger partial charge in [0.25, 0.3) is 5.91 Å². The highest BCUT2D eigenvalue weighted by molar-refractivity contribution is 6.30. The van der Waals surface area contributed by atoms with E-state index in [1.165, 1.54) is 26.2 Å². The molecule has 37 heavy (non-hydrogen) atoms. The van der Waals surface area contributed by atoms with Gasteiger partial charge in [0.2, 0.25) is 5.75 Å². The lowest BCUT2D eigenvalue weighted by molar-refractivity contribution is -0.904. The van der Waals surface area contributed by atoms with E-state index in [0.717, 1.165) is 13.1 Å². The predicted molar refractivity (Wildman–Crippen MR) is 135 cm³/mol. The summed E-state index contributed by atoms with van der Waals surface area (Å²) >= 11 is 5.90. The Bertz CT molecular complexity index is 1030. The molecule has 0 atom stereocenters. The van der Waals surface area contributed by atoms with Gasteiger partial charge in [-0.25, -0.2) is 4.79 Å². The van der Waals surface area contributed by atoms with Gasteiger partial charge in [-0.15, -0.1) is 0 Å². The first-order chi connectivity index (χ1) is 17.2. The number of hydrogen-bond acceptors (Lipinski definition) is 7. The molecule has 9 nitrogen and oxygen atoms in total. The van der Waals surface area contributed by atoms with Gasteiger partial charge < -0.3 is 45.9 Å². The Balaban J connectivity index is 0.00000481. The second-order valence-corrected chi connectivity index (χ2v) is 9.34. The van der Waals surface area contributed by atoms with Gasteiger partial charge in [-0.3, -0.25) is 4.79 Å². The van der Waals surface area contributed by atoms with Crippen molar-refractivity contribution >= 4 is 23.5 Å². The lowest BCUT2D eigenvalue weighted by atomic mass is 10.1. The quantitative estimate of drug-likeness (QED) is 0.380. The molecule has 0 saturated carbocycles. The molecule has 1 N–H and O–H groups in total. The van der Waals surface area contributed by atoms with Crippen LogP contribution in [0.5, 0.6) is 23.0 Å². The molecular weight excluding hydrogens is 523 g/mol. The number of nitrogens with zero attached hydrogens (tertiary/aromatic N) is 1. The third-order valence-corrected chi connectivity index (χ3v) is 6.29. The Morgan fingerprint density at radius 3 is 2.05 bits per heavy atom. The van der Waals surface area contributed by atoms with Crippen LogP contribution < -0.4 is 36.3 Å². The molecule has 1 saturated heterocycles. The van der Waals surface area contributed by atoms with Crippen molar-refractivity contribution in [1.29, 1.82) is 0 Å². The molecule has 3 rings (SSSR count). The highest BCUT2D eigenvalue weighted by Gasteiger charge is 2.32. The summed E-state index contributed by atoms with van der Waals surface area (Å²) in [6.45, 7) is 6.93. The van der Waals surface area contributed by atoms with Crippen LogP contribution in [0.3, 0.4) is 0 Å². The number of methoxy groups -OCH3 is 3. The molecule has 0 unspecified atom stereocenters. The van der Waals surface area contributed by atoms with Gasteiger partial charge in [-0.2, -0.15) is 0 Å². The van der Waals surface area contributed by atoms with Crippen LogP contribution >= 0.6 is 11.6 Å². The lowest BCUT2D eigenvalue weighted by Crippen LogP contribution is -3.15. The fourth-order valence-electron chi connectivity index (χ4n) is 3.96. The molecule has 0 aromatic heterocycles. The zero-order chi connectivity index (χ0) is 26.3. The minimum Gasteiger partial charge on any atom is -1.00 e. The minimum atomic E-state index is -1.13. The van der Waals surface area contributed by atoms with E-state index < -0.39 is 11.6 Å². The van der Waals surface area contributed by atoms with E-state index in [4.69, 9.17) is 35.3 Å². The third kappa shape index (κ3) is 7.80. The van der Waals surface area contributed by atoms with Gasteiger partial charge in [-0.05, 0) is 50.2 Å². The zero-order valence-electron chi connectivity index (χ0n) is 21.8. The first kappa shape index (κ1) is 30.3. The number of carbonyl (C=O) groups excluding carboxylic acids is 2. The number of quaternary nitrogens is 1. The number of rotatable bonds is 10. The van der Waals surface area contributed by atoms with Crippen molar-refractivity contribution < 1.29 is 50.6 Å². The molecule has 11 heteroatoms. The maximum atomic E-state index is 13.1. The molecule has 0 radical (unpaired) electrons. The van der Waals surface area contributed by atoms with E-state index in [-0.39, 0.29) is 24.9 Å². The summed E-state index contributed by atoms with van der Waals surface area (Å²) in [4.78, 5) is 28.7. The fourth-order valence-corrected chi connectivity index (χ4v) is 4.09. The molecule has 0 aliphatic carbocycles. The van der Waals surface area contributed by atoms with Gasteiger partial charge in [0, 0.05) is 10.6 Å². The number of ether oxygens (including phenoxy) is 5. The standard InChI is InChI=1S/C26H33ClN2O7.ClH/c1-26(2,36-20-8-6-19(27)7-9-20)25(31)35-15-14-28-10-12-29(13-11-28)24(30)18-16-21(32-3)23(34-5)22(17-18)33-4;/h6-9,16-17H,10-15H2,1-5H3;1H. The van der Waals surface area contributed by atoms with Crippen LogP contribution in [0.1, 0.15) is 24.2 Å². The Morgan fingerprint density at radius 1 is 0.973 bits per heavy atom. The molecule has 0 spiro atoms. The number of benzene rings is 2. The molecule has 0 bridgehead atoms. The van der Waals surface area contributed by atoms with E-state index >= 15 is 0 Å². The normalized spacial score (nSPS) is 13.8. The van der Waals surface area contributed by atoms with Crippen LogP contribution in [0.15, 0.2) is 36.4 Å². The smallest absolute Gasteiger partial charge is 0.350 e. The highest BCUT2D eigenvalue weighted by atomic mass is 35.5. The van der Waals surface area contributed by atoms with Crippen LogP contribution in [0.4, 0.5) is 0 Å². The van der Waals surface area contributed by atoms with Crippen LogP contribution in [-0.2, 0) is 9.53 Å². The molecule has 204 valence electrons. The maximum Gasteiger partial charge on any atom is 0.350 e. The molecule has 1 aliphatic rings. The second-order valence-electron chi connectivity index (χ2n) is 8.91. The predicted octanol–water partition coefficient (Wildman–Crippen LogP) is -0.889. The van der Waals surface area contributed by atoms with E-state index in [9.17, 15) is 9.59 Å². The number of halogens is 2. The molecule has 1 heterocycles. The summed E-state index contributed by atoms with van der Waals surface area (Å²) < 4.78 is 27.3. The second kappa shape index (κ2) is 13.6. The Kier molecular flexibility index (Phi) is 11.2. The first-order valence-corrected chi connectivity index (χ1v) is 12.1. The van der Waals surface area contributed by atoms with Crippen LogP contribution in [0, 0.1) is 0 Å². The number of nitrogens with one attached hydrogen (secondary N) is 1. The van der Waals surface area contributed by atoms with Crippen LogP contribution in [-0.4, -0.2) is 83.0 Å². The highest BCUT2D eigenvalue weighted by Crippen LogP contribution is 2.38. The van der Waals surface area contributed by atoms with Crippen molar-refractivity contribution in [2.45, 2.75) is 19.4 Å². The van der Waals surface area contributed by atoms with Crippen molar-refractivity contribution in [3.63, 3.8) is 0 Å². The van der Waals surface area contributed by atoms with Crippen molar-refractivity contribution in [2.75, 3.05) is 60.7 Å². The molecule has 1 amide bonds. The van der Waals surface area contributed by atoms with Gasteiger partial charge in [0.05, 0.1) is 47.5 Å². The number of hydrogen-bond donors (Lipinski definition) is 1. The van der Waals surface area contributed by atoms with Crippen molar-refractivity contribution in [3.05, 3.63) is 47.0 Å². The fraction of sp³-hybridized carbons (Fsp3) is 0.462. The molecule has 2 aromatic rings. The van der Waals surface area contributed by atoms with Gasteiger partial charge in [0.1, 0.15) is 18.9 Å². The van der Waals surface area contributed by atoms with E-state index in [1.807, 2.05) is 0 Å². The lowest BCUT2D eigenvalue weighted by Gasteiger charge is -2.32. The van der Waals surface area contributed by atoms with Crippen molar-refractivity contribution in [2.24, 2.45) is 0 Å². The van der Waals surface area contributed by atoms with Gasteiger partial charge in [-0.1, -0.05) is 11.6 Å². The summed E-state index contributed by atoms with van der Waals surface area (Å²) in [5, 5.41) is 0.593. The third-order valence-electron chi connectivity index (χ3n) is 6.04. The van der Waals surface area contributed by atoms with Gasteiger partial charge in [0.15, 0.2) is 17.1 Å². The SMILES string of the molecule is COc1cc(C(=O)N2CC[NH+](CCOC(=O)C(C)(C)Oc3ccc(Cl)cc3)CC2)cc(OC)c1OC.[Cl-]. The van der Waals surface area contributed by atoms with E-state index in [0.29, 0.717) is 53.2 Å². The Labute approximate surface area is 228 Å². The summed E-state index contributed by atoms with van der Waals surface area (Å²) in [7, 11) is 4.56. The Hall–Kier alpha value is -2.88. The summed E-state index contributed by atoms with van der Waals surface area (Å²) in [5.41, 5.74) is -0.654. The zero-order valence-corrected chi connectivity index (χ0v) is 23.3.